The number of benzene rings is 1. The molecule has 0 saturated carbocycles. The second kappa shape index (κ2) is 10.8. The van der Waals surface area contributed by atoms with Gasteiger partial charge in [0.2, 0.25) is 10.0 Å². The largest absolute Gasteiger partial charge is 0.488 e. The minimum absolute atomic E-state index is 0.0142. The summed E-state index contributed by atoms with van der Waals surface area (Å²) >= 11 is 7.94. The lowest BCUT2D eigenvalue weighted by atomic mass is 9.89. The van der Waals surface area contributed by atoms with Crippen molar-refractivity contribution in [1.29, 1.82) is 0 Å². The molecule has 206 valence electrons. The molecule has 0 bridgehead atoms. The lowest BCUT2D eigenvalue weighted by molar-refractivity contribution is -0.137. The second-order valence-corrected chi connectivity index (χ2v) is 13.0. The molecule has 39 heavy (non-hydrogen) atoms. The molecule has 0 saturated heterocycles. The molecular weight excluding hydrogens is 562 g/mol. The Balaban J connectivity index is 1.53. The van der Waals surface area contributed by atoms with Crippen LogP contribution in [0.4, 0.5) is 0 Å². The van der Waals surface area contributed by atoms with Crippen LogP contribution < -0.4 is 4.74 Å². The van der Waals surface area contributed by atoms with Gasteiger partial charge in [-0.2, -0.15) is 4.31 Å². The highest BCUT2D eigenvalue weighted by atomic mass is 35.5. The van der Waals surface area contributed by atoms with Gasteiger partial charge >= 0.3 is 5.97 Å². The standard InChI is InChI=1S/C26H28ClN5O5S2/c1-4-17-14-31(39(35,36)23-12-28-9-8-21(23)37-17)13-16-10-22(38-26(16)27)19(11-24(33)34)18-6-7-20-25(15(18)3)29-30-32(20)5-2/h6-10,12,17,19H,4-5,11,13-14H2,1-3H3,(H,33,34)/t17-,19?/m1/s1. The number of fused-ring (bicyclic) bond motifs is 2. The highest BCUT2D eigenvalue weighted by Crippen LogP contribution is 2.41. The van der Waals surface area contributed by atoms with E-state index in [0.717, 1.165) is 27.0 Å². The summed E-state index contributed by atoms with van der Waals surface area (Å²) in [5, 5.41) is 18.3. The summed E-state index contributed by atoms with van der Waals surface area (Å²) in [4.78, 5) is 16.7. The van der Waals surface area contributed by atoms with Crippen molar-refractivity contribution in [3.8, 4) is 5.75 Å². The first-order valence-corrected chi connectivity index (χ1v) is 15.2. The molecule has 4 heterocycles. The molecule has 10 nitrogen and oxygen atoms in total. The fourth-order valence-electron chi connectivity index (χ4n) is 4.93. The number of ether oxygens (including phenoxy) is 1. The summed E-state index contributed by atoms with van der Waals surface area (Å²) < 4.78 is 36.7. The van der Waals surface area contributed by atoms with Gasteiger partial charge in [-0.3, -0.25) is 9.78 Å². The molecule has 13 heteroatoms. The lowest BCUT2D eigenvalue weighted by Gasteiger charge is -2.22. The van der Waals surface area contributed by atoms with Crippen LogP contribution in [-0.2, 0) is 27.9 Å². The summed E-state index contributed by atoms with van der Waals surface area (Å²) in [6.45, 7) is 6.67. The quantitative estimate of drug-likeness (QED) is 0.309. The molecule has 0 amide bonds. The molecule has 1 aromatic carbocycles. The van der Waals surface area contributed by atoms with Gasteiger partial charge < -0.3 is 9.84 Å². The van der Waals surface area contributed by atoms with E-state index in [1.54, 1.807) is 10.7 Å². The van der Waals surface area contributed by atoms with Gasteiger partial charge in [0.05, 0.1) is 29.0 Å². The summed E-state index contributed by atoms with van der Waals surface area (Å²) in [6, 6.07) is 7.20. The molecule has 3 aromatic heterocycles. The van der Waals surface area contributed by atoms with Gasteiger partial charge in [0.1, 0.15) is 22.3 Å². The number of aliphatic carboxylic acids is 1. The molecule has 1 aliphatic rings. The average molecular weight is 590 g/mol. The third-order valence-corrected chi connectivity index (χ3v) is 10.4. The Morgan fingerprint density at radius 1 is 1.31 bits per heavy atom. The van der Waals surface area contributed by atoms with E-state index < -0.39 is 21.9 Å². The van der Waals surface area contributed by atoms with Gasteiger partial charge in [-0.05, 0) is 55.2 Å². The maximum absolute atomic E-state index is 13.6. The number of aromatic nitrogens is 4. The van der Waals surface area contributed by atoms with Crippen LogP contribution in [0.2, 0.25) is 4.34 Å². The smallest absolute Gasteiger partial charge is 0.304 e. The zero-order chi connectivity index (χ0) is 27.9. The lowest BCUT2D eigenvalue weighted by Crippen LogP contribution is -2.36. The van der Waals surface area contributed by atoms with Crippen LogP contribution in [0.25, 0.3) is 11.0 Å². The minimum atomic E-state index is -3.91. The molecular formula is C26H28ClN5O5S2. The number of hydrogen-bond acceptors (Lipinski definition) is 8. The highest BCUT2D eigenvalue weighted by Gasteiger charge is 2.35. The Morgan fingerprint density at radius 3 is 2.82 bits per heavy atom. The first kappa shape index (κ1) is 27.5. The molecule has 4 aromatic rings. The van der Waals surface area contributed by atoms with Crippen LogP contribution >= 0.6 is 22.9 Å². The summed E-state index contributed by atoms with van der Waals surface area (Å²) in [5.74, 6) is -1.17. The van der Waals surface area contributed by atoms with E-state index in [1.165, 1.54) is 28.0 Å². The van der Waals surface area contributed by atoms with Crippen LogP contribution in [0, 0.1) is 6.92 Å². The van der Waals surface area contributed by atoms with E-state index in [1.807, 2.05) is 39.0 Å². The number of thiophene rings is 1. The van der Waals surface area contributed by atoms with E-state index in [-0.39, 0.29) is 36.3 Å². The number of pyridine rings is 1. The van der Waals surface area contributed by atoms with Crippen molar-refractivity contribution < 1.29 is 23.1 Å². The van der Waals surface area contributed by atoms with Crippen molar-refractivity contribution in [1.82, 2.24) is 24.3 Å². The van der Waals surface area contributed by atoms with Crippen LogP contribution in [0.3, 0.4) is 0 Å². The third-order valence-electron chi connectivity index (χ3n) is 7.02. The molecule has 5 rings (SSSR count). The van der Waals surface area contributed by atoms with Crippen LogP contribution in [0.15, 0.2) is 41.6 Å². The third kappa shape index (κ3) is 5.13. The van der Waals surface area contributed by atoms with Gasteiger partial charge in [0.15, 0.2) is 0 Å². The Bertz CT molecular complexity index is 1650. The molecule has 1 unspecified atom stereocenters. The molecule has 0 aliphatic carbocycles. The zero-order valence-corrected chi connectivity index (χ0v) is 24.1. The number of aryl methyl sites for hydroxylation is 2. The normalized spacial score (nSPS) is 17.9. The van der Waals surface area contributed by atoms with Crippen molar-refractivity contribution in [3.05, 3.63) is 62.6 Å². The number of hydrogen-bond donors (Lipinski definition) is 1. The molecule has 2 atom stereocenters. The van der Waals surface area contributed by atoms with Crippen molar-refractivity contribution in [2.24, 2.45) is 0 Å². The SMILES string of the molecule is CC[C@@H]1CN(Cc2cc(C(CC(=O)O)c3ccc4c(nnn4CC)c3C)sc2Cl)S(=O)(=O)c2cnccc2O1. The van der Waals surface area contributed by atoms with Crippen LogP contribution in [0.1, 0.15) is 54.2 Å². The number of rotatable bonds is 8. The number of carboxylic acid groups (broad SMARTS) is 1. The van der Waals surface area contributed by atoms with Gasteiger partial charge in [-0.25, -0.2) is 13.1 Å². The second-order valence-electron chi connectivity index (χ2n) is 9.42. The van der Waals surface area contributed by atoms with Gasteiger partial charge in [-0.15, -0.1) is 16.4 Å². The van der Waals surface area contributed by atoms with Gasteiger partial charge in [-0.1, -0.05) is 29.8 Å². The Morgan fingerprint density at radius 2 is 2.10 bits per heavy atom. The van der Waals surface area contributed by atoms with Gasteiger partial charge in [0, 0.05) is 30.1 Å². The summed E-state index contributed by atoms with van der Waals surface area (Å²) in [5.41, 5.74) is 3.88. The van der Waals surface area contributed by atoms with Crippen LogP contribution in [-0.4, -0.2) is 56.4 Å². The topological polar surface area (TPSA) is 128 Å². The summed E-state index contributed by atoms with van der Waals surface area (Å²) in [6.07, 6.45) is 2.92. The number of nitrogens with zero attached hydrogens (tertiary/aromatic N) is 5. The summed E-state index contributed by atoms with van der Waals surface area (Å²) in [7, 11) is -3.91. The van der Waals surface area contributed by atoms with E-state index in [2.05, 4.69) is 15.3 Å². The van der Waals surface area contributed by atoms with Gasteiger partial charge in [0.25, 0.3) is 0 Å². The van der Waals surface area contributed by atoms with E-state index in [9.17, 15) is 18.3 Å². The van der Waals surface area contributed by atoms with E-state index >= 15 is 0 Å². The predicted molar refractivity (Wildman–Crippen MR) is 148 cm³/mol. The first-order valence-electron chi connectivity index (χ1n) is 12.6. The maximum Gasteiger partial charge on any atom is 0.304 e. The minimum Gasteiger partial charge on any atom is -0.488 e. The van der Waals surface area contributed by atoms with Crippen molar-refractivity contribution in [2.75, 3.05) is 6.54 Å². The maximum atomic E-state index is 13.6. The zero-order valence-electron chi connectivity index (χ0n) is 21.7. The number of sulfonamides is 1. The Kier molecular flexibility index (Phi) is 7.64. The molecule has 0 radical (unpaired) electrons. The van der Waals surface area contributed by atoms with E-state index in [4.69, 9.17) is 16.3 Å². The first-order chi connectivity index (χ1) is 18.6. The highest BCUT2D eigenvalue weighted by molar-refractivity contribution is 7.89. The number of carbonyl (C=O) groups is 1. The Hall–Kier alpha value is -3.06. The van der Waals surface area contributed by atoms with Crippen molar-refractivity contribution in [2.45, 2.75) is 63.6 Å². The Labute approximate surface area is 235 Å². The molecule has 0 spiro atoms. The predicted octanol–water partition coefficient (Wildman–Crippen LogP) is 4.84. The van der Waals surface area contributed by atoms with E-state index in [0.29, 0.717) is 22.9 Å². The van der Waals surface area contributed by atoms with Crippen molar-refractivity contribution in [3.63, 3.8) is 0 Å². The fourth-order valence-corrected chi connectivity index (χ4v) is 7.84. The fraction of sp³-hybridized carbons (Fsp3) is 0.385. The van der Waals surface area contributed by atoms with Crippen LogP contribution in [0.5, 0.6) is 5.75 Å². The molecule has 0 fully saturated rings. The monoisotopic (exact) mass is 589 g/mol. The average Bonchev–Trinajstić information content (AvgIpc) is 3.47. The van der Waals surface area contributed by atoms with Crippen molar-refractivity contribution >= 4 is 50.0 Å². The number of carboxylic acids is 1. The number of halogens is 1. The molecule has 1 aliphatic heterocycles. The molecule has 1 N–H and O–H groups in total.